The minimum Gasteiger partial charge on any atom is -0.304 e. The second-order valence-corrected chi connectivity index (χ2v) is 5.40. The molecule has 0 bridgehead atoms. The van der Waals surface area contributed by atoms with Crippen LogP contribution >= 0.6 is 0 Å². The zero-order valence-electron chi connectivity index (χ0n) is 11.5. The lowest BCUT2D eigenvalue weighted by Gasteiger charge is -2.18. The molecular formula is C16H18FN3. The van der Waals surface area contributed by atoms with E-state index in [2.05, 4.69) is 15.3 Å². The normalized spacial score (nSPS) is 16.1. The third-order valence-corrected chi connectivity index (χ3v) is 3.66. The summed E-state index contributed by atoms with van der Waals surface area (Å²) in [5.74, 6) is 0.464. The number of aryl methyl sites for hydroxylation is 1. The van der Waals surface area contributed by atoms with Gasteiger partial charge in [0.2, 0.25) is 0 Å². The molecule has 1 aliphatic rings. The van der Waals surface area contributed by atoms with E-state index < -0.39 is 0 Å². The Kier molecular flexibility index (Phi) is 3.74. The summed E-state index contributed by atoms with van der Waals surface area (Å²) >= 11 is 0. The molecule has 0 spiro atoms. The Balaban J connectivity index is 1.68. The van der Waals surface area contributed by atoms with Crippen LogP contribution in [-0.4, -0.2) is 9.97 Å². The van der Waals surface area contributed by atoms with Gasteiger partial charge in [0.1, 0.15) is 5.82 Å². The van der Waals surface area contributed by atoms with Crippen molar-refractivity contribution in [3.63, 3.8) is 0 Å². The van der Waals surface area contributed by atoms with E-state index in [0.717, 1.165) is 17.0 Å². The highest BCUT2D eigenvalue weighted by atomic mass is 19.1. The predicted octanol–water partition coefficient (Wildman–Crippen LogP) is 3.17. The number of aromatic nitrogens is 2. The number of benzene rings is 1. The maximum atomic E-state index is 13.0. The van der Waals surface area contributed by atoms with E-state index in [9.17, 15) is 4.39 Å². The van der Waals surface area contributed by atoms with Crippen molar-refractivity contribution in [1.82, 2.24) is 15.3 Å². The SMILES string of the molecule is Cc1cnc(CNC(c2ccc(F)cc2)C2CC2)cn1. The van der Waals surface area contributed by atoms with Gasteiger partial charge in [0.25, 0.3) is 0 Å². The smallest absolute Gasteiger partial charge is 0.123 e. The summed E-state index contributed by atoms with van der Waals surface area (Å²) < 4.78 is 13.0. The van der Waals surface area contributed by atoms with E-state index in [1.165, 1.54) is 25.0 Å². The van der Waals surface area contributed by atoms with Gasteiger partial charge in [-0.2, -0.15) is 0 Å². The fraction of sp³-hybridized carbons (Fsp3) is 0.375. The molecule has 0 saturated heterocycles. The monoisotopic (exact) mass is 271 g/mol. The molecule has 1 aliphatic carbocycles. The highest BCUT2D eigenvalue weighted by Crippen LogP contribution is 2.41. The molecule has 1 aromatic heterocycles. The van der Waals surface area contributed by atoms with Crippen molar-refractivity contribution in [2.45, 2.75) is 32.4 Å². The number of nitrogens with zero attached hydrogens (tertiary/aromatic N) is 2. The second kappa shape index (κ2) is 5.67. The first-order valence-electron chi connectivity index (χ1n) is 6.99. The van der Waals surface area contributed by atoms with Crippen molar-refractivity contribution >= 4 is 0 Å². The van der Waals surface area contributed by atoms with E-state index in [-0.39, 0.29) is 11.9 Å². The van der Waals surface area contributed by atoms with Crippen molar-refractivity contribution in [2.75, 3.05) is 0 Å². The predicted molar refractivity (Wildman–Crippen MR) is 75.5 cm³/mol. The quantitative estimate of drug-likeness (QED) is 0.907. The highest BCUT2D eigenvalue weighted by Gasteiger charge is 2.31. The van der Waals surface area contributed by atoms with Gasteiger partial charge in [-0.3, -0.25) is 9.97 Å². The molecule has 104 valence electrons. The first-order valence-corrected chi connectivity index (χ1v) is 6.99. The van der Waals surface area contributed by atoms with Crippen LogP contribution in [0.2, 0.25) is 0 Å². The summed E-state index contributed by atoms with van der Waals surface area (Å²) in [6.07, 6.45) is 6.04. The molecule has 1 N–H and O–H groups in total. The molecule has 3 nitrogen and oxygen atoms in total. The van der Waals surface area contributed by atoms with Gasteiger partial charge in [-0.25, -0.2) is 4.39 Å². The number of rotatable bonds is 5. The standard InChI is InChI=1S/C16H18FN3/c1-11-8-19-15(9-18-11)10-20-16(12-2-3-12)13-4-6-14(17)7-5-13/h4-9,12,16,20H,2-3,10H2,1H3. The second-order valence-electron chi connectivity index (χ2n) is 5.40. The third-order valence-electron chi connectivity index (χ3n) is 3.66. The lowest BCUT2D eigenvalue weighted by atomic mass is 10.0. The summed E-state index contributed by atoms with van der Waals surface area (Å²) in [5, 5.41) is 3.53. The minimum atomic E-state index is -0.187. The molecule has 3 rings (SSSR count). The fourth-order valence-corrected chi connectivity index (χ4v) is 2.38. The maximum absolute atomic E-state index is 13.0. The van der Waals surface area contributed by atoms with Crippen LogP contribution in [0.3, 0.4) is 0 Å². The Bertz CT molecular complexity index is 561. The molecule has 1 atom stereocenters. The van der Waals surface area contributed by atoms with E-state index in [1.54, 1.807) is 12.4 Å². The minimum absolute atomic E-state index is 0.187. The van der Waals surface area contributed by atoms with Gasteiger partial charge in [-0.1, -0.05) is 12.1 Å². The largest absolute Gasteiger partial charge is 0.304 e. The average molecular weight is 271 g/mol. The molecule has 0 radical (unpaired) electrons. The van der Waals surface area contributed by atoms with Crippen molar-refractivity contribution in [3.8, 4) is 0 Å². The molecule has 1 fully saturated rings. The highest BCUT2D eigenvalue weighted by molar-refractivity contribution is 5.22. The molecule has 4 heteroatoms. The van der Waals surface area contributed by atoms with Gasteiger partial charge in [0, 0.05) is 25.0 Å². The molecule has 1 saturated carbocycles. The first kappa shape index (κ1) is 13.2. The molecule has 20 heavy (non-hydrogen) atoms. The topological polar surface area (TPSA) is 37.8 Å². The molecule has 1 unspecified atom stereocenters. The van der Waals surface area contributed by atoms with Crippen LogP contribution in [0.1, 0.15) is 35.8 Å². The lowest BCUT2D eigenvalue weighted by molar-refractivity contribution is 0.475. The van der Waals surface area contributed by atoms with Crippen LogP contribution in [0, 0.1) is 18.7 Å². The Labute approximate surface area is 118 Å². The Morgan fingerprint density at radius 3 is 2.55 bits per heavy atom. The average Bonchev–Trinajstić information content (AvgIpc) is 3.28. The molecule has 0 aliphatic heterocycles. The van der Waals surface area contributed by atoms with Gasteiger partial charge in [-0.05, 0) is 43.4 Å². The van der Waals surface area contributed by atoms with Crippen molar-refractivity contribution in [2.24, 2.45) is 5.92 Å². The van der Waals surface area contributed by atoms with E-state index >= 15 is 0 Å². The van der Waals surface area contributed by atoms with Gasteiger partial charge < -0.3 is 5.32 Å². The summed E-state index contributed by atoms with van der Waals surface area (Å²) in [7, 11) is 0. The molecule has 2 aromatic rings. The van der Waals surface area contributed by atoms with E-state index in [1.807, 2.05) is 19.1 Å². The first-order chi connectivity index (χ1) is 9.72. The van der Waals surface area contributed by atoms with E-state index in [0.29, 0.717) is 12.5 Å². The number of hydrogen-bond donors (Lipinski definition) is 1. The lowest BCUT2D eigenvalue weighted by Crippen LogP contribution is -2.23. The van der Waals surface area contributed by atoms with Crippen LogP contribution in [0.25, 0.3) is 0 Å². The molecule has 1 heterocycles. The Morgan fingerprint density at radius 1 is 1.20 bits per heavy atom. The molecule has 1 aromatic carbocycles. The summed E-state index contributed by atoms with van der Waals surface area (Å²) in [6.45, 7) is 2.61. The summed E-state index contributed by atoms with van der Waals surface area (Å²) in [4.78, 5) is 8.60. The Morgan fingerprint density at radius 2 is 1.95 bits per heavy atom. The van der Waals surface area contributed by atoms with Crippen molar-refractivity contribution < 1.29 is 4.39 Å². The molecular weight excluding hydrogens is 253 g/mol. The van der Waals surface area contributed by atoms with Crippen molar-refractivity contribution in [1.29, 1.82) is 0 Å². The van der Waals surface area contributed by atoms with Crippen LogP contribution in [0.15, 0.2) is 36.7 Å². The molecule has 0 amide bonds. The van der Waals surface area contributed by atoms with Gasteiger partial charge in [0.15, 0.2) is 0 Å². The number of halogens is 1. The zero-order valence-corrected chi connectivity index (χ0v) is 11.5. The van der Waals surface area contributed by atoms with Crippen LogP contribution in [-0.2, 0) is 6.54 Å². The van der Waals surface area contributed by atoms with Crippen LogP contribution in [0.4, 0.5) is 4.39 Å². The summed E-state index contributed by atoms with van der Waals surface area (Å²) in [6, 6.07) is 7.06. The van der Waals surface area contributed by atoms with Gasteiger partial charge in [0.05, 0.1) is 11.4 Å². The maximum Gasteiger partial charge on any atom is 0.123 e. The Hall–Kier alpha value is -1.81. The zero-order chi connectivity index (χ0) is 13.9. The van der Waals surface area contributed by atoms with Gasteiger partial charge >= 0.3 is 0 Å². The van der Waals surface area contributed by atoms with Gasteiger partial charge in [-0.15, -0.1) is 0 Å². The van der Waals surface area contributed by atoms with Crippen LogP contribution in [0.5, 0.6) is 0 Å². The number of nitrogens with one attached hydrogen (secondary N) is 1. The van der Waals surface area contributed by atoms with Crippen molar-refractivity contribution in [3.05, 3.63) is 59.4 Å². The fourth-order valence-electron chi connectivity index (χ4n) is 2.38. The van der Waals surface area contributed by atoms with Crippen LogP contribution < -0.4 is 5.32 Å². The van der Waals surface area contributed by atoms with E-state index in [4.69, 9.17) is 0 Å². The third kappa shape index (κ3) is 3.20. The summed E-state index contributed by atoms with van der Waals surface area (Å²) in [5.41, 5.74) is 3.00. The number of hydrogen-bond acceptors (Lipinski definition) is 3.